The Labute approximate surface area is 154 Å². The number of nitrogens with zero attached hydrogens (tertiary/aromatic N) is 3. The average Bonchev–Trinajstić information content (AvgIpc) is 2.64. The summed E-state index contributed by atoms with van der Waals surface area (Å²) in [5.74, 6) is 0.373. The van der Waals surface area contributed by atoms with Gasteiger partial charge in [0.1, 0.15) is 5.75 Å². The van der Waals surface area contributed by atoms with E-state index in [2.05, 4.69) is 9.88 Å². The van der Waals surface area contributed by atoms with Crippen LogP contribution in [0.4, 0.5) is 13.2 Å². The first-order valence-corrected chi connectivity index (χ1v) is 9.00. The van der Waals surface area contributed by atoms with Gasteiger partial charge in [0.25, 0.3) is 5.56 Å². The zero-order valence-corrected chi connectivity index (χ0v) is 14.6. The molecule has 5 nitrogen and oxygen atoms in total. The Balaban J connectivity index is 1.64. The molecule has 1 N–H and O–H groups in total. The molecule has 3 aliphatic heterocycles. The van der Waals surface area contributed by atoms with Gasteiger partial charge in [-0.05, 0) is 56.0 Å². The van der Waals surface area contributed by atoms with E-state index in [-0.39, 0.29) is 16.7 Å². The van der Waals surface area contributed by atoms with Crippen molar-refractivity contribution in [3.8, 4) is 16.9 Å². The number of piperidine rings is 3. The van der Waals surface area contributed by atoms with E-state index in [1.807, 2.05) is 0 Å². The van der Waals surface area contributed by atoms with Gasteiger partial charge in [-0.25, -0.2) is 4.98 Å². The van der Waals surface area contributed by atoms with E-state index in [1.165, 1.54) is 17.1 Å². The lowest BCUT2D eigenvalue weighted by Crippen LogP contribution is -2.49. The van der Waals surface area contributed by atoms with Crippen molar-refractivity contribution in [2.24, 2.45) is 11.8 Å². The van der Waals surface area contributed by atoms with Crippen molar-refractivity contribution in [2.45, 2.75) is 25.6 Å². The van der Waals surface area contributed by atoms with Crippen LogP contribution in [0.5, 0.6) is 5.75 Å². The van der Waals surface area contributed by atoms with E-state index >= 15 is 0 Å². The molecule has 2 bridgehead atoms. The van der Waals surface area contributed by atoms with Crippen LogP contribution in [-0.4, -0.2) is 39.2 Å². The first-order valence-electron chi connectivity index (χ1n) is 9.00. The average molecular weight is 379 g/mol. The highest BCUT2D eigenvalue weighted by atomic mass is 19.4. The summed E-state index contributed by atoms with van der Waals surface area (Å²) in [5, 5.41) is 10.0. The number of phenols is 1. The summed E-state index contributed by atoms with van der Waals surface area (Å²) >= 11 is 0. The van der Waals surface area contributed by atoms with Crippen molar-refractivity contribution in [3.05, 3.63) is 46.6 Å². The van der Waals surface area contributed by atoms with Gasteiger partial charge in [0.2, 0.25) is 0 Å². The number of hydrogen-bond acceptors (Lipinski definition) is 4. The fraction of sp³-hybridized carbons (Fsp3) is 0.474. The molecule has 1 unspecified atom stereocenters. The van der Waals surface area contributed by atoms with Crippen LogP contribution in [-0.2, 0) is 12.7 Å². The molecule has 0 saturated carbocycles. The van der Waals surface area contributed by atoms with E-state index in [0.29, 0.717) is 24.4 Å². The molecule has 144 valence electrons. The molecule has 8 heteroatoms. The highest BCUT2D eigenvalue weighted by Crippen LogP contribution is 2.36. The highest BCUT2D eigenvalue weighted by Gasteiger charge is 2.34. The van der Waals surface area contributed by atoms with Crippen molar-refractivity contribution in [3.63, 3.8) is 0 Å². The monoisotopic (exact) mass is 379 g/mol. The smallest absolute Gasteiger partial charge is 0.416 e. The molecule has 3 aliphatic rings. The minimum absolute atomic E-state index is 0.0590. The van der Waals surface area contributed by atoms with Gasteiger partial charge in [0.05, 0.1) is 17.5 Å². The predicted molar refractivity (Wildman–Crippen MR) is 93.3 cm³/mol. The van der Waals surface area contributed by atoms with E-state index < -0.39 is 17.5 Å². The third kappa shape index (κ3) is 3.45. The van der Waals surface area contributed by atoms with Crippen molar-refractivity contribution in [1.29, 1.82) is 0 Å². The Morgan fingerprint density at radius 1 is 1.19 bits per heavy atom. The molecular formula is C19H20F3N3O2. The standard InChI is InChI=1S/C19H20F3N3O2/c20-19(21,22)14-1-2-15(17(26)7-14)16-8-23-11-25(18(16)27)10-13-9-24-5-3-12(13)4-6-24/h1-2,7-8,11-13,26H,3-6,9-10H2. The molecule has 27 heavy (non-hydrogen) atoms. The molecule has 1 aromatic carbocycles. The number of hydrogen-bond donors (Lipinski definition) is 1. The Kier molecular flexibility index (Phi) is 4.46. The number of phenolic OH excluding ortho intramolecular Hbond substituents is 1. The molecule has 0 spiro atoms. The van der Waals surface area contributed by atoms with Crippen LogP contribution < -0.4 is 5.56 Å². The van der Waals surface area contributed by atoms with Crippen LogP contribution in [0, 0.1) is 11.8 Å². The van der Waals surface area contributed by atoms with Crippen LogP contribution >= 0.6 is 0 Å². The van der Waals surface area contributed by atoms with Gasteiger partial charge in [0, 0.05) is 24.8 Å². The van der Waals surface area contributed by atoms with E-state index in [1.54, 1.807) is 0 Å². The maximum absolute atomic E-state index is 12.9. The molecule has 0 radical (unpaired) electrons. The summed E-state index contributed by atoms with van der Waals surface area (Å²) in [6.07, 6.45) is 0.460. The topological polar surface area (TPSA) is 58.4 Å². The normalized spacial score (nSPS) is 24.9. The lowest BCUT2D eigenvalue weighted by Gasteiger charge is -2.44. The summed E-state index contributed by atoms with van der Waals surface area (Å²) in [6, 6.07) is 2.62. The van der Waals surface area contributed by atoms with Crippen molar-refractivity contribution < 1.29 is 18.3 Å². The fourth-order valence-corrected chi connectivity index (χ4v) is 4.25. The second kappa shape index (κ2) is 6.67. The lowest BCUT2D eigenvalue weighted by molar-refractivity contribution is -0.137. The number of fused-ring (bicyclic) bond motifs is 3. The minimum Gasteiger partial charge on any atom is -0.507 e. The molecule has 3 saturated heterocycles. The third-order valence-electron chi connectivity index (χ3n) is 5.74. The van der Waals surface area contributed by atoms with E-state index in [4.69, 9.17) is 0 Å². The minimum atomic E-state index is -4.55. The van der Waals surface area contributed by atoms with Gasteiger partial charge in [-0.2, -0.15) is 13.2 Å². The largest absolute Gasteiger partial charge is 0.507 e. The Bertz CT molecular complexity index is 902. The fourth-order valence-electron chi connectivity index (χ4n) is 4.25. The number of alkyl halides is 3. The first-order chi connectivity index (χ1) is 12.8. The van der Waals surface area contributed by atoms with Gasteiger partial charge in [-0.15, -0.1) is 0 Å². The molecule has 3 fully saturated rings. The molecule has 5 rings (SSSR count). The van der Waals surface area contributed by atoms with Crippen molar-refractivity contribution in [2.75, 3.05) is 19.6 Å². The van der Waals surface area contributed by atoms with Crippen LogP contribution in [0.15, 0.2) is 35.5 Å². The summed E-state index contributed by atoms with van der Waals surface area (Å²) in [6.45, 7) is 3.69. The second-order valence-electron chi connectivity index (χ2n) is 7.39. The third-order valence-corrected chi connectivity index (χ3v) is 5.74. The number of rotatable bonds is 3. The highest BCUT2D eigenvalue weighted by molar-refractivity contribution is 5.69. The zero-order chi connectivity index (χ0) is 19.2. The Morgan fingerprint density at radius 3 is 2.52 bits per heavy atom. The SMILES string of the molecule is O=c1c(-c2ccc(C(F)(F)F)cc2O)cncn1CC1CN2CCC1CC2. The number of aromatic nitrogens is 2. The maximum atomic E-state index is 12.9. The molecular weight excluding hydrogens is 359 g/mol. The Morgan fingerprint density at radius 2 is 1.93 bits per heavy atom. The Hall–Kier alpha value is -2.35. The molecule has 1 aromatic heterocycles. The van der Waals surface area contributed by atoms with Crippen LogP contribution in [0.1, 0.15) is 18.4 Å². The summed E-state index contributed by atoms with van der Waals surface area (Å²) in [5.41, 5.74) is -1.15. The number of halogens is 3. The quantitative estimate of drug-likeness (QED) is 0.891. The molecule has 2 aromatic rings. The molecule has 0 aliphatic carbocycles. The molecule has 0 amide bonds. The van der Waals surface area contributed by atoms with E-state index in [9.17, 15) is 23.1 Å². The predicted octanol–water partition coefficient (Wildman–Crippen LogP) is 2.98. The van der Waals surface area contributed by atoms with Crippen LogP contribution in [0.3, 0.4) is 0 Å². The summed E-state index contributed by atoms with van der Waals surface area (Å²) in [7, 11) is 0. The van der Waals surface area contributed by atoms with E-state index in [0.717, 1.165) is 44.6 Å². The number of benzene rings is 1. The summed E-state index contributed by atoms with van der Waals surface area (Å²) < 4.78 is 39.9. The molecule has 4 heterocycles. The summed E-state index contributed by atoms with van der Waals surface area (Å²) in [4.78, 5) is 19.3. The van der Waals surface area contributed by atoms with Crippen LogP contribution in [0.25, 0.3) is 11.1 Å². The van der Waals surface area contributed by atoms with Gasteiger partial charge < -0.3 is 10.0 Å². The second-order valence-corrected chi connectivity index (χ2v) is 7.39. The lowest BCUT2D eigenvalue weighted by atomic mass is 9.79. The van der Waals surface area contributed by atoms with Gasteiger partial charge in [-0.3, -0.25) is 9.36 Å². The van der Waals surface area contributed by atoms with Gasteiger partial charge in [-0.1, -0.05) is 0 Å². The van der Waals surface area contributed by atoms with Crippen molar-refractivity contribution >= 4 is 0 Å². The zero-order valence-electron chi connectivity index (χ0n) is 14.6. The first kappa shape index (κ1) is 18.0. The van der Waals surface area contributed by atoms with Crippen molar-refractivity contribution in [1.82, 2.24) is 14.5 Å². The van der Waals surface area contributed by atoms with Crippen LogP contribution in [0.2, 0.25) is 0 Å². The maximum Gasteiger partial charge on any atom is 0.416 e. The number of aromatic hydroxyl groups is 1. The van der Waals surface area contributed by atoms with Gasteiger partial charge >= 0.3 is 6.18 Å². The van der Waals surface area contributed by atoms with Gasteiger partial charge in [0.15, 0.2) is 0 Å². The molecule has 1 atom stereocenters.